The molecule has 0 N–H and O–H groups in total. The SMILES string of the molecule is C[C@H]1CCCN(C[C@H]2OCC[C@@H](F)[C@@H]2C)C1. The van der Waals surface area contributed by atoms with Gasteiger partial charge in [-0.1, -0.05) is 13.8 Å². The van der Waals surface area contributed by atoms with E-state index in [0.717, 1.165) is 25.6 Å². The van der Waals surface area contributed by atoms with Crippen molar-refractivity contribution in [2.75, 3.05) is 26.2 Å². The van der Waals surface area contributed by atoms with E-state index in [1.807, 2.05) is 6.92 Å². The molecule has 2 fully saturated rings. The van der Waals surface area contributed by atoms with Gasteiger partial charge in [-0.15, -0.1) is 0 Å². The maximum absolute atomic E-state index is 13.6. The minimum absolute atomic E-state index is 0.0611. The summed E-state index contributed by atoms with van der Waals surface area (Å²) in [6.45, 7) is 8.13. The molecule has 4 atom stereocenters. The number of nitrogens with zero attached hydrogens (tertiary/aromatic N) is 1. The average Bonchev–Trinajstić information content (AvgIpc) is 2.25. The van der Waals surface area contributed by atoms with E-state index in [2.05, 4.69) is 11.8 Å². The average molecular weight is 229 g/mol. The molecule has 16 heavy (non-hydrogen) atoms. The summed E-state index contributed by atoms with van der Waals surface area (Å²) in [6, 6.07) is 0. The Kier molecular flexibility index (Phi) is 4.20. The molecule has 0 aliphatic carbocycles. The first-order valence-corrected chi connectivity index (χ1v) is 6.65. The Morgan fingerprint density at radius 1 is 1.31 bits per heavy atom. The molecule has 2 rings (SSSR count). The Labute approximate surface area is 98.1 Å². The molecule has 0 spiro atoms. The summed E-state index contributed by atoms with van der Waals surface area (Å²) in [4.78, 5) is 2.45. The lowest BCUT2D eigenvalue weighted by atomic mass is 9.93. The minimum Gasteiger partial charge on any atom is -0.376 e. The number of alkyl halides is 1. The Hall–Kier alpha value is -0.150. The third-order valence-electron chi connectivity index (χ3n) is 4.06. The lowest BCUT2D eigenvalue weighted by molar-refractivity contribution is -0.0755. The van der Waals surface area contributed by atoms with E-state index in [1.54, 1.807) is 0 Å². The van der Waals surface area contributed by atoms with Crippen molar-refractivity contribution in [3.8, 4) is 0 Å². The Morgan fingerprint density at radius 2 is 2.12 bits per heavy atom. The quantitative estimate of drug-likeness (QED) is 0.721. The first-order chi connectivity index (χ1) is 7.66. The maximum Gasteiger partial charge on any atom is 0.107 e. The van der Waals surface area contributed by atoms with Crippen LogP contribution in [0.5, 0.6) is 0 Å². The highest BCUT2D eigenvalue weighted by molar-refractivity contribution is 4.82. The number of hydrogen-bond donors (Lipinski definition) is 0. The van der Waals surface area contributed by atoms with Crippen molar-refractivity contribution < 1.29 is 9.13 Å². The van der Waals surface area contributed by atoms with Crippen LogP contribution in [0.3, 0.4) is 0 Å². The van der Waals surface area contributed by atoms with Gasteiger partial charge in [0.2, 0.25) is 0 Å². The zero-order valence-corrected chi connectivity index (χ0v) is 10.5. The van der Waals surface area contributed by atoms with Crippen LogP contribution in [0, 0.1) is 11.8 Å². The van der Waals surface area contributed by atoms with Crippen LogP contribution in [0.15, 0.2) is 0 Å². The van der Waals surface area contributed by atoms with Crippen LogP contribution in [-0.4, -0.2) is 43.4 Å². The monoisotopic (exact) mass is 229 g/mol. The third-order valence-corrected chi connectivity index (χ3v) is 4.06. The number of halogens is 1. The van der Waals surface area contributed by atoms with Gasteiger partial charge in [-0.2, -0.15) is 0 Å². The van der Waals surface area contributed by atoms with Gasteiger partial charge >= 0.3 is 0 Å². The van der Waals surface area contributed by atoms with Crippen molar-refractivity contribution in [1.29, 1.82) is 0 Å². The lowest BCUT2D eigenvalue weighted by Crippen LogP contribution is -2.46. The second-order valence-corrected chi connectivity index (χ2v) is 5.58. The number of rotatable bonds is 2. The van der Waals surface area contributed by atoms with Gasteiger partial charge in [0, 0.05) is 32.0 Å². The Balaban J connectivity index is 1.83. The van der Waals surface area contributed by atoms with Crippen molar-refractivity contribution in [2.24, 2.45) is 11.8 Å². The van der Waals surface area contributed by atoms with Crippen molar-refractivity contribution in [1.82, 2.24) is 4.90 Å². The third kappa shape index (κ3) is 2.95. The van der Waals surface area contributed by atoms with Crippen molar-refractivity contribution >= 4 is 0 Å². The second-order valence-electron chi connectivity index (χ2n) is 5.58. The fourth-order valence-corrected chi connectivity index (χ4v) is 2.91. The summed E-state index contributed by atoms with van der Waals surface area (Å²) in [5.41, 5.74) is 0. The molecule has 2 nitrogen and oxygen atoms in total. The van der Waals surface area contributed by atoms with Gasteiger partial charge < -0.3 is 9.64 Å². The van der Waals surface area contributed by atoms with E-state index in [9.17, 15) is 4.39 Å². The van der Waals surface area contributed by atoms with Crippen LogP contribution in [0.25, 0.3) is 0 Å². The van der Waals surface area contributed by atoms with Gasteiger partial charge in [0.1, 0.15) is 6.17 Å². The summed E-state index contributed by atoms with van der Waals surface area (Å²) in [6.07, 6.45) is 2.63. The maximum atomic E-state index is 13.6. The molecule has 2 saturated heterocycles. The van der Waals surface area contributed by atoms with Gasteiger partial charge in [0.15, 0.2) is 0 Å². The molecule has 0 saturated carbocycles. The summed E-state index contributed by atoms with van der Waals surface area (Å²) in [7, 11) is 0. The van der Waals surface area contributed by atoms with Crippen molar-refractivity contribution in [3.63, 3.8) is 0 Å². The van der Waals surface area contributed by atoms with Crippen LogP contribution in [-0.2, 0) is 4.74 Å². The predicted octanol–water partition coefficient (Wildman–Crippen LogP) is 2.48. The van der Waals surface area contributed by atoms with Gasteiger partial charge in [-0.05, 0) is 25.3 Å². The molecule has 2 heterocycles. The molecule has 3 heteroatoms. The topological polar surface area (TPSA) is 12.5 Å². The highest BCUT2D eigenvalue weighted by atomic mass is 19.1. The van der Waals surface area contributed by atoms with Crippen LogP contribution < -0.4 is 0 Å². The summed E-state index contributed by atoms with van der Waals surface area (Å²) < 4.78 is 19.3. The molecule has 0 radical (unpaired) electrons. The molecule has 94 valence electrons. The number of hydrogen-bond acceptors (Lipinski definition) is 2. The molecule has 0 amide bonds. The van der Waals surface area contributed by atoms with Gasteiger partial charge in [0.05, 0.1) is 6.10 Å². The fraction of sp³-hybridized carbons (Fsp3) is 1.00. The van der Waals surface area contributed by atoms with E-state index in [4.69, 9.17) is 4.74 Å². The van der Waals surface area contributed by atoms with Crippen LogP contribution in [0.4, 0.5) is 4.39 Å². The molecule has 0 unspecified atom stereocenters. The van der Waals surface area contributed by atoms with Crippen molar-refractivity contribution in [2.45, 2.75) is 45.4 Å². The number of ether oxygens (including phenoxy) is 1. The standard InChI is InChI=1S/C13H24FNO/c1-10-4-3-6-15(8-10)9-13-11(2)12(14)5-7-16-13/h10-13H,3-9H2,1-2H3/t10-,11-,12+,13+/m0/s1. The van der Waals surface area contributed by atoms with Crippen LogP contribution in [0.1, 0.15) is 33.1 Å². The van der Waals surface area contributed by atoms with E-state index in [1.165, 1.54) is 12.8 Å². The number of likely N-dealkylation sites (tertiary alicyclic amines) is 1. The lowest BCUT2D eigenvalue weighted by Gasteiger charge is -2.38. The molecule has 2 aliphatic heterocycles. The van der Waals surface area contributed by atoms with Crippen LogP contribution in [0.2, 0.25) is 0 Å². The zero-order valence-electron chi connectivity index (χ0n) is 10.5. The molecular formula is C13H24FNO. The predicted molar refractivity (Wildman–Crippen MR) is 63.3 cm³/mol. The molecule has 0 bridgehead atoms. The molecule has 0 aromatic carbocycles. The van der Waals surface area contributed by atoms with Crippen LogP contribution >= 0.6 is 0 Å². The smallest absolute Gasteiger partial charge is 0.107 e. The highest BCUT2D eigenvalue weighted by Gasteiger charge is 2.32. The minimum atomic E-state index is -0.666. The van der Waals surface area contributed by atoms with Gasteiger partial charge in [0.25, 0.3) is 0 Å². The van der Waals surface area contributed by atoms with E-state index < -0.39 is 6.17 Å². The normalized spacial score (nSPS) is 42.2. The number of piperidine rings is 1. The van der Waals surface area contributed by atoms with E-state index >= 15 is 0 Å². The van der Waals surface area contributed by atoms with Gasteiger partial charge in [-0.3, -0.25) is 0 Å². The molecule has 2 aliphatic rings. The highest BCUT2D eigenvalue weighted by Crippen LogP contribution is 2.25. The summed E-state index contributed by atoms with van der Waals surface area (Å²) >= 11 is 0. The van der Waals surface area contributed by atoms with E-state index in [0.29, 0.717) is 13.0 Å². The molecular weight excluding hydrogens is 205 g/mol. The Morgan fingerprint density at radius 3 is 2.88 bits per heavy atom. The van der Waals surface area contributed by atoms with E-state index in [-0.39, 0.29) is 12.0 Å². The fourth-order valence-electron chi connectivity index (χ4n) is 2.91. The zero-order chi connectivity index (χ0) is 11.5. The second kappa shape index (κ2) is 5.46. The molecule has 0 aromatic rings. The largest absolute Gasteiger partial charge is 0.376 e. The van der Waals surface area contributed by atoms with Crippen molar-refractivity contribution in [3.05, 3.63) is 0 Å². The first-order valence-electron chi connectivity index (χ1n) is 6.65. The van der Waals surface area contributed by atoms with Gasteiger partial charge in [-0.25, -0.2) is 4.39 Å². The summed E-state index contributed by atoms with van der Waals surface area (Å²) in [5.74, 6) is 0.847. The molecule has 0 aromatic heterocycles. The summed E-state index contributed by atoms with van der Waals surface area (Å²) in [5, 5.41) is 0. The Bertz CT molecular complexity index is 224. The first kappa shape index (κ1) is 12.3.